The molecule has 10 bridgehead atoms. The van der Waals surface area contributed by atoms with Crippen molar-refractivity contribution in [3.8, 4) is 23.0 Å². The first-order valence-electron chi connectivity index (χ1n) is 22.1. The van der Waals surface area contributed by atoms with E-state index in [9.17, 15) is 29.4 Å². The number of phenols is 2. The number of allylic oxidation sites excluding steroid dienone is 4. The van der Waals surface area contributed by atoms with Crippen LogP contribution in [0.5, 0.6) is 23.0 Å². The molecular weight excluding hydrogens is 841 g/mol. The van der Waals surface area contributed by atoms with Gasteiger partial charge in [0.25, 0.3) is 0 Å². The number of phenolic OH excluding ortho intramolecular Hbond substituents is 2. The molecule has 2 aliphatic rings. The molecule has 1 heterocycles. The molecule has 0 spiro atoms. The van der Waals surface area contributed by atoms with Crippen molar-refractivity contribution in [2.24, 2.45) is 0 Å². The second-order valence-corrected chi connectivity index (χ2v) is 17.1. The molecule has 12 heteroatoms. The summed E-state index contributed by atoms with van der Waals surface area (Å²) in [5.41, 5.74) is 8.01. The second kappa shape index (κ2) is 21.7. The summed E-state index contributed by atoms with van der Waals surface area (Å²) in [5.74, 6) is -3.99. The number of benzene rings is 4. The lowest BCUT2D eigenvalue weighted by molar-refractivity contribution is -0.195. The Labute approximate surface area is 386 Å². The van der Waals surface area contributed by atoms with Crippen molar-refractivity contribution in [3.63, 3.8) is 0 Å². The Balaban J connectivity index is 1.70. The zero-order valence-corrected chi connectivity index (χ0v) is 38.1. The van der Waals surface area contributed by atoms with Crippen LogP contribution in [-0.4, -0.2) is 71.7 Å². The smallest absolute Gasteiger partial charge is 0.352 e. The van der Waals surface area contributed by atoms with E-state index < -0.39 is 61.5 Å². The van der Waals surface area contributed by atoms with Gasteiger partial charge in [-0.25, -0.2) is 19.2 Å². The third kappa shape index (κ3) is 11.8. The number of aromatic hydroxyl groups is 2. The molecule has 66 heavy (non-hydrogen) atoms. The summed E-state index contributed by atoms with van der Waals surface area (Å²) >= 11 is 0. The van der Waals surface area contributed by atoms with Gasteiger partial charge in [-0.3, -0.25) is 0 Å². The number of fused-ring (bicyclic) bond motifs is 2. The lowest BCUT2D eigenvalue weighted by Crippen LogP contribution is -2.49. The number of rotatable bonds is 12. The van der Waals surface area contributed by atoms with Gasteiger partial charge in [0.1, 0.15) is 23.0 Å². The molecule has 0 radical (unpaired) electrons. The Hall–Kier alpha value is -7.08. The predicted molar refractivity (Wildman–Crippen MR) is 249 cm³/mol. The molecule has 2 N–H and O–H groups in total. The maximum absolute atomic E-state index is 14.0. The monoisotopic (exact) mass is 898 g/mol. The van der Waals surface area contributed by atoms with Crippen LogP contribution in [0.4, 0.5) is 0 Å². The minimum Gasteiger partial charge on any atom is -0.507 e. The van der Waals surface area contributed by atoms with E-state index in [2.05, 4.69) is 26.3 Å². The van der Waals surface area contributed by atoms with Crippen molar-refractivity contribution in [2.45, 2.75) is 103 Å². The number of hydrogen-bond donors (Lipinski definition) is 2. The molecule has 4 aromatic carbocycles. The zero-order valence-electron chi connectivity index (χ0n) is 38.1. The van der Waals surface area contributed by atoms with Gasteiger partial charge in [0.2, 0.25) is 12.2 Å². The number of cyclic esters (lactones) is 2. The average Bonchev–Trinajstić information content (AvgIpc) is 3.24. The van der Waals surface area contributed by atoms with Gasteiger partial charge in [-0.05, 0) is 120 Å². The highest BCUT2D eigenvalue weighted by Gasteiger charge is 2.44. The Bertz CT molecular complexity index is 2270. The summed E-state index contributed by atoms with van der Waals surface area (Å²) < 4.78 is 35.1. The highest BCUT2D eigenvalue weighted by molar-refractivity contribution is 5.90. The lowest BCUT2D eigenvalue weighted by Gasteiger charge is -2.26. The van der Waals surface area contributed by atoms with E-state index in [1.807, 2.05) is 48.5 Å². The van der Waals surface area contributed by atoms with Crippen LogP contribution in [0.1, 0.15) is 94.5 Å². The van der Waals surface area contributed by atoms with Crippen molar-refractivity contribution in [1.29, 1.82) is 0 Å². The Morgan fingerprint density at radius 1 is 0.530 bits per heavy atom. The second-order valence-electron chi connectivity index (χ2n) is 17.1. The SMILES string of the molecule is C=CCc1cc2c(O)c(c1)Cc1cc(CC=C)cc3c1OCC(=O)O[C@@H](C(=O)OC(C)C)C(C(=O)OC(C)C)OC(=O)COc1c(cc(CC=C)cc1Cc1cc(CC=C)cc(c1O)C3)C2. The fourth-order valence-corrected chi connectivity index (χ4v) is 8.39. The topological polar surface area (TPSA) is 164 Å². The van der Waals surface area contributed by atoms with E-state index in [4.69, 9.17) is 28.4 Å². The van der Waals surface area contributed by atoms with E-state index >= 15 is 0 Å². The highest BCUT2D eigenvalue weighted by Crippen LogP contribution is 2.40. The maximum atomic E-state index is 14.0. The molecule has 0 fully saturated rings. The third-order valence-corrected chi connectivity index (χ3v) is 10.9. The first-order chi connectivity index (χ1) is 31.6. The van der Waals surface area contributed by atoms with Crippen molar-refractivity contribution >= 4 is 23.9 Å². The minimum absolute atomic E-state index is 0.0184. The van der Waals surface area contributed by atoms with E-state index in [-0.39, 0.29) is 48.7 Å². The number of esters is 4. The molecule has 4 aromatic rings. The Kier molecular flexibility index (Phi) is 15.9. The maximum Gasteiger partial charge on any atom is 0.352 e. The fraction of sp³-hybridized carbons (Fsp3) is 0.333. The van der Waals surface area contributed by atoms with E-state index in [1.54, 1.807) is 52.0 Å². The quantitative estimate of drug-likeness (QED) is 0.0702. The van der Waals surface area contributed by atoms with Gasteiger partial charge in [0.05, 0.1) is 12.2 Å². The standard InChI is InChI=1S/C54H58O12/c1-9-13-33-17-37-25-41-21-35(15-11-3)23-43-27-39-19-34(14-10-2)20-40(48(39)58)28-44-24-36(16-12-4)22-42(26-38(18-33)47(37)57)50(44)62-30-46(56)66-52(54(60)64-32(7)8)51(53(59)63-31(5)6)65-45(55)29-61-49(41)43/h9-12,17-24,31-32,51-52,57-58H,1-4,13-16,25-30H2,5-8H3/t51-,52?/m1/s1. The molecule has 0 saturated carbocycles. The van der Waals surface area contributed by atoms with E-state index in [0.29, 0.717) is 70.2 Å². The largest absolute Gasteiger partial charge is 0.507 e. The molecule has 1 aliphatic carbocycles. The first kappa shape index (κ1) is 48.4. The Morgan fingerprint density at radius 3 is 1.03 bits per heavy atom. The molecule has 0 saturated heterocycles. The Morgan fingerprint density at radius 2 is 0.788 bits per heavy atom. The fourth-order valence-electron chi connectivity index (χ4n) is 8.39. The summed E-state index contributed by atoms with van der Waals surface area (Å²) in [6, 6.07) is 15.2. The van der Waals surface area contributed by atoms with Crippen LogP contribution in [0.2, 0.25) is 0 Å². The van der Waals surface area contributed by atoms with Gasteiger partial charge in [-0.1, -0.05) is 72.8 Å². The molecule has 0 amide bonds. The van der Waals surface area contributed by atoms with Gasteiger partial charge in [0, 0.05) is 25.7 Å². The van der Waals surface area contributed by atoms with Crippen molar-refractivity contribution < 1.29 is 57.8 Å². The van der Waals surface area contributed by atoms with Crippen LogP contribution in [0.25, 0.3) is 0 Å². The van der Waals surface area contributed by atoms with Gasteiger partial charge >= 0.3 is 23.9 Å². The summed E-state index contributed by atoms with van der Waals surface area (Å²) in [6.07, 6.45) is 3.80. The van der Waals surface area contributed by atoms with Crippen LogP contribution < -0.4 is 9.47 Å². The van der Waals surface area contributed by atoms with Gasteiger partial charge in [0.15, 0.2) is 13.2 Å². The molecular formula is C54H58O12. The molecule has 6 rings (SSSR count). The van der Waals surface area contributed by atoms with Gasteiger partial charge in [-0.15, -0.1) is 26.3 Å². The summed E-state index contributed by atoms with van der Waals surface area (Å²) in [4.78, 5) is 55.5. The van der Waals surface area contributed by atoms with Gasteiger partial charge in [-0.2, -0.15) is 0 Å². The van der Waals surface area contributed by atoms with Crippen LogP contribution in [-0.2, 0) is 89.5 Å². The minimum atomic E-state index is -2.11. The van der Waals surface area contributed by atoms with Crippen LogP contribution in [0, 0.1) is 0 Å². The van der Waals surface area contributed by atoms with Crippen LogP contribution in [0.3, 0.4) is 0 Å². The van der Waals surface area contributed by atoms with Crippen molar-refractivity contribution in [3.05, 3.63) is 166 Å². The average molecular weight is 899 g/mol. The van der Waals surface area contributed by atoms with Crippen molar-refractivity contribution in [2.75, 3.05) is 13.2 Å². The normalized spacial score (nSPS) is 16.2. The highest BCUT2D eigenvalue weighted by atomic mass is 16.7. The van der Waals surface area contributed by atoms with Gasteiger partial charge < -0.3 is 38.6 Å². The number of ether oxygens (including phenoxy) is 6. The number of carbonyl (C=O) groups is 4. The molecule has 12 nitrogen and oxygen atoms in total. The summed E-state index contributed by atoms with van der Waals surface area (Å²) in [5, 5.41) is 24.5. The number of hydrogen-bond acceptors (Lipinski definition) is 12. The number of carbonyl (C=O) groups excluding carboxylic acids is 4. The molecule has 1 aliphatic heterocycles. The predicted octanol–water partition coefficient (Wildman–Crippen LogP) is 8.19. The van der Waals surface area contributed by atoms with E-state index in [1.165, 1.54) is 0 Å². The molecule has 2 atom stereocenters. The lowest BCUT2D eigenvalue weighted by atomic mass is 9.87. The van der Waals surface area contributed by atoms with Crippen LogP contribution in [0.15, 0.2) is 99.2 Å². The third-order valence-electron chi connectivity index (χ3n) is 10.9. The summed E-state index contributed by atoms with van der Waals surface area (Å²) in [7, 11) is 0. The summed E-state index contributed by atoms with van der Waals surface area (Å²) in [6.45, 7) is 20.6. The van der Waals surface area contributed by atoms with E-state index in [0.717, 1.165) is 22.3 Å². The molecule has 346 valence electrons. The van der Waals surface area contributed by atoms with Crippen LogP contribution >= 0.6 is 0 Å². The molecule has 1 unspecified atom stereocenters. The van der Waals surface area contributed by atoms with Crippen molar-refractivity contribution in [1.82, 2.24) is 0 Å². The zero-order chi connectivity index (χ0) is 47.7. The first-order valence-corrected chi connectivity index (χ1v) is 22.1. The molecule has 0 aromatic heterocycles.